The van der Waals surface area contributed by atoms with Crippen molar-refractivity contribution in [3.63, 3.8) is 0 Å². The first kappa shape index (κ1) is 19.5. The van der Waals surface area contributed by atoms with Gasteiger partial charge in [-0.1, -0.05) is 30.3 Å². The molecule has 1 heterocycles. The number of benzene rings is 2. The lowest BCUT2D eigenvalue weighted by molar-refractivity contribution is -0.123. The summed E-state index contributed by atoms with van der Waals surface area (Å²) in [6.45, 7) is 3.87. The van der Waals surface area contributed by atoms with E-state index in [-0.39, 0.29) is 18.6 Å². The summed E-state index contributed by atoms with van der Waals surface area (Å²) in [5.74, 6) is 2.03. The van der Waals surface area contributed by atoms with Crippen LogP contribution < -0.4 is 14.8 Å². The number of ether oxygens (including phenoxy) is 2. The van der Waals surface area contributed by atoms with Gasteiger partial charge >= 0.3 is 0 Å². The molecule has 1 atom stereocenters. The average Bonchev–Trinajstić information content (AvgIpc) is 3.11. The smallest absolute Gasteiger partial charge is 0.258 e. The zero-order valence-corrected chi connectivity index (χ0v) is 16.6. The van der Waals surface area contributed by atoms with Gasteiger partial charge in [-0.3, -0.25) is 4.79 Å². The summed E-state index contributed by atoms with van der Waals surface area (Å²) in [5.41, 5.74) is 2.92. The van der Waals surface area contributed by atoms with Gasteiger partial charge in [-0.2, -0.15) is 0 Å². The van der Waals surface area contributed by atoms with Crippen LogP contribution in [0.1, 0.15) is 28.6 Å². The van der Waals surface area contributed by atoms with E-state index in [4.69, 9.17) is 9.47 Å². The number of amides is 1. The van der Waals surface area contributed by atoms with E-state index >= 15 is 0 Å². The highest BCUT2D eigenvalue weighted by Gasteiger charge is 2.21. The molecule has 146 valence electrons. The zero-order valence-electron chi connectivity index (χ0n) is 16.6. The molecule has 1 N–H and O–H groups in total. The predicted molar refractivity (Wildman–Crippen MR) is 108 cm³/mol. The SMILES string of the molecule is COc1ccc(C(NC(=O)COc2c(C)cccc2C)c2nccn2C)cc1. The van der Waals surface area contributed by atoms with Crippen LogP contribution >= 0.6 is 0 Å². The second kappa shape index (κ2) is 8.61. The number of aryl methyl sites for hydroxylation is 3. The van der Waals surface area contributed by atoms with Crippen LogP contribution in [0, 0.1) is 13.8 Å². The van der Waals surface area contributed by atoms with Crippen LogP contribution in [0.15, 0.2) is 54.9 Å². The Kier molecular flexibility index (Phi) is 5.99. The largest absolute Gasteiger partial charge is 0.497 e. The van der Waals surface area contributed by atoms with Gasteiger partial charge in [0, 0.05) is 19.4 Å². The van der Waals surface area contributed by atoms with Crippen LogP contribution in [-0.4, -0.2) is 29.2 Å². The van der Waals surface area contributed by atoms with Crippen LogP contribution in [0.5, 0.6) is 11.5 Å². The number of hydrogen-bond donors (Lipinski definition) is 1. The fraction of sp³-hybridized carbons (Fsp3) is 0.273. The van der Waals surface area contributed by atoms with Crippen molar-refractivity contribution >= 4 is 5.91 Å². The summed E-state index contributed by atoms with van der Waals surface area (Å²) in [7, 11) is 3.52. The highest BCUT2D eigenvalue weighted by Crippen LogP contribution is 2.24. The average molecular weight is 379 g/mol. The number of methoxy groups -OCH3 is 1. The van der Waals surface area contributed by atoms with E-state index in [1.54, 1.807) is 13.3 Å². The minimum atomic E-state index is -0.389. The highest BCUT2D eigenvalue weighted by molar-refractivity contribution is 5.78. The molecule has 0 aliphatic carbocycles. The van der Waals surface area contributed by atoms with Crippen molar-refractivity contribution in [1.82, 2.24) is 14.9 Å². The maximum atomic E-state index is 12.7. The van der Waals surface area contributed by atoms with E-state index in [9.17, 15) is 4.79 Å². The van der Waals surface area contributed by atoms with E-state index in [0.717, 1.165) is 34.0 Å². The van der Waals surface area contributed by atoms with Crippen molar-refractivity contribution < 1.29 is 14.3 Å². The number of para-hydroxylation sites is 1. The molecule has 0 saturated carbocycles. The number of rotatable bonds is 7. The Morgan fingerprint density at radius 3 is 2.39 bits per heavy atom. The Morgan fingerprint density at radius 2 is 1.82 bits per heavy atom. The third kappa shape index (κ3) is 4.34. The quantitative estimate of drug-likeness (QED) is 0.684. The van der Waals surface area contributed by atoms with Gasteiger partial charge in [0.1, 0.15) is 23.4 Å². The molecule has 1 amide bonds. The van der Waals surface area contributed by atoms with Crippen LogP contribution in [0.4, 0.5) is 0 Å². The van der Waals surface area contributed by atoms with Crippen LogP contribution in [0.2, 0.25) is 0 Å². The van der Waals surface area contributed by atoms with Crippen molar-refractivity contribution in [2.24, 2.45) is 7.05 Å². The van der Waals surface area contributed by atoms with Crippen molar-refractivity contribution in [1.29, 1.82) is 0 Å². The first-order chi connectivity index (χ1) is 13.5. The number of carbonyl (C=O) groups excluding carboxylic acids is 1. The third-order valence-electron chi connectivity index (χ3n) is 4.63. The monoisotopic (exact) mass is 379 g/mol. The molecule has 2 aromatic carbocycles. The molecule has 0 spiro atoms. The lowest BCUT2D eigenvalue weighted by Gasteiger charge is -2.20. The van der Waals surface area contributed by atoms with E-state index in [2.05, 4.69) is 10.3 Å². The molecule has 0 fully saturated rings. The van der Waals surface area contributed by atoms with Gasteiger partial charge in [-0.05, 0) is 42.7 Å². The van der Waals surface area contributed by atoms with E-state index in [1.165, 1.54) is 0 Å². The zero-order chi connectivity index (χ0) is 20.1. The van der Waals surface area contributed by atoms with Gasteiger partial charge in [-0.15, -0.1) is 0 Å². The van der Waals surface area contributed by atoms with E-state index in [1.807, 2.05) is 74.1 Å². The molecule has 1 aromatic heterocycles. The Hall–Kier alpha value is -3.28. The molecule has 0 saturated heterocycles. The summed E-state index contributed by atoms with van der Waals surface area (Å²) < 4.78 is 12.9. The maximum absolute atomic E-state index is 12.7. The summed E-state index contributed by atoms with van der Waals surface area (Å²) in [5, 5.41) is 3.04. The van der Waals surface area contributed by atoms with E-state index < -0.39 is 0 Å². The molecule has 28 heavy (non-hydrogen) atoms. The van der Waals surface area contributed by atoms with Gasteiger partial charge in [0.15, 0.2) is 6.61 Å². The standard InChI is InChI=1S/C22H25N3O3/c1-15-6-5-7-16(2)21(15)28-14-19(26)24-20(22-23-12-13-25(22)3)17-8-10-18(27-4)11-9-17/h5-13,20H,14H2,1-4H3,(H,24,26). The Bertz CT molecular complexity index is 928. The molecule has 6 heteroatoms. The molecule has 0 radical (unpaired) electrons. The number of imidazole rings is 1. The Balaban J connectivity index is 1.77. The molecule has 0 aliphatic rings. The maximum Gasteiger partial charge on any atom is 0.258 e. The Labute approximate surface area is 165 Å². The first-order valence-corrected chi connectivity index (χ1v) is 9.09. The van der Waals surface area contributed by atoms with Gasteiger partial charge in [0.2, 0.25) is 0 Å². The fourth-order valence-corrected chi connectivity index (χ4v) is 3.12. The molecule has 0 bridgehead atoms. The lowest BCUT2D eigenvalue weighted by atomic mass is 10.1. The predicted octanol–water partition coefficient (Wildman–Crippen LogP) is 3.33. The van der Waals surface area contributed by atoms with Gasteiger partial charge in [0.25, 0.3) is 5.91 Å². The summed E-state index contributed by atoms with van der Waals surface area (Å²) in [4.78, 5) is 17.1. The van der Waals surface area contributed by atoms with Gasteiger partial charge in [0.05, 0.1) is 7.11 Å². The number of aromatic nitrogens is 2. The molecule has 1 unspecified atom stereocenters. The molecule has 0 aliphatic heterocycles. The van der Waals surface area contributed by atoms with Crippen LogP contribution in [-0.2, 0) is 11.8 Å². The van der Waals surface area contributed by atoms with Gasteiger partial charge in [-0.25, -0.2) is 4.98 Å². The van der Waals surface area contributed by atoms with Crippen molar-refractivity contribution in [2.75, 3.05) is 13.7 Å². The number of carbonyl (C=O) groups is 1. The first-order valence-electron chi connectivity index (χ1n) is 9.09. The number of hydrogen-bond acceptors (Lipinski definition) is 4. The van der Waals surface area contributed by atoms with Crippen LogP contribution in [0.3, 0.4) is 0 Å². The minimum Gasteiger partial charge on any atom is -0.497 e. The molecular formula is C22H25N3O3. The second-order valence-corrected chi connectivity index (χ2v) is 6.68. The third-order valence-corrected chi connectivity index (χ3v) is 4.63. The molecule has 3 rings (SSSR count). The van der Waals surface area contributed by atoms with Crippen LogP contribution in [0.25, 0.3) is 0 Å². The van der Waals surface area contributed by atoms with Gasteiger partial charge < -0.3 is 19.4 Å². The topological polar surface area (TPSA) is 65.4 Å². The number of nitrogens with zero attached hydrogens (tertiary/aromatic N) is 2. The second-order valence-electron chi connectivity index (χ2n) is 6.68. The highest BCUT2D eigenvalue weighted by atomic mass is 16.5. The molecule has 6 nitrogen and oxygen atoms in total. The summed E-state index contributed by atoms with van der Waals surface area (Å²) in [6.07, 6.45) is 3.57. The van der Waals surface area contributed by atoms with Crippen molar-refractivity contribution in [2.45, 2.75) is 19.9 Å². The molecule has 3 aromatic rings. The van der Waals surface area contributed by atoms with Crippen molar-refractivity contribution in [3.05, 3.63) is 77.4 Å². The van der Waals surface area contributed by atoms with Crippen molar-refractivity contribution in [3.8, 4) is 11.5 Å². The summed E-state index contributed by atoms with van der Waals surface area (Å²) in [6, 6.07) is 13.1. The normalized spacial score (nSPS) is 11.7. The summed E-state index contributed by atoms with van der Waals surface area (Å²) >= 11 is 0. The van der Waals surface area contributed by atoms with E-state index in [0.29, 0.717) is 0 Å². The Morgan fingerprint density at radius 1 is 1.14 bits per heavy atom. The molecular weight excluding hydrogens is 354 g/mol. The fourth-order valence-electron chi connectivity index (χ4n) is 3.12. The lowest BCUT2D eigenvalue weighted by Crippen LogP contribution is -2.34. The minimum absolute atomic E-state index is 0.0667. The number of nitrogens with one attached hydrogen (secondary N) is 1.